The van der Waals surface area contributed by atoms with Crippen molar-refractivity contribution in [1.82, 2.24) is 9.55 Å². The van der Waals surface area contributed by atoms with Crippen LogP contribution in [0.5, 0.6) is 0 Å². The number of benzene rings is 1. The maximum Gasteiger partial charge on any atom is 0.305 e. The number of aliphatic carboxylic acids is 1. The molecule has 6 heteroatoms. The van der Waals surface area contributed by atoms with Crippen LogP contribution in [0.4, 0.5) is 0 Å². The molecule has 0 saturated carbocycles. The summed E-state index contributed by atoms with van der Waals surface area (Å²) in [5.41, 5.74) is 2.92. The lowest BCUT2D eigenvalue weighted by atomic mass is 10.0. The molecule has 0 saturated heterocycles. The van der Waals surface area contributed by atoms with Crippen LogP contribution in [0.2, 0.25) is 0 Å². The fourth-order valence-corrected chi connectivity index (χ4v) is 4.21. The Hall–Kier alpha value is -2.47. The van der Waals surface area contributed by atoms with Crippen LogP contribution in [-0.2, 0) is 17.8 Å². The molecule has 0 aliphatic rings. The Bertz CT molecular complexity index is 1020. The third-order valence-corrected chi connectivity index (χ3v) is 5.43. The summed E-state index contributed by atoms with van der Waals surface area (Å²) in [5, 5.41) is 9.63. The summed E-state index contributed by atoms with van der Waals surface area (Å²) in [6, 6.07) is 8.09. The van der Waals surface area contributed by atoms with Gasteiger partial charge in [0, 0.05) is 23.4 Å². The summed E-state index contributed by atoms with van der Waals surface area (Å²) in [5.74, 6) is -0.248. The summed E-state index contributed by atoms with van der Waals surface area (Å²) in [6.45, 7) is 6.20. The molecule has 0 aliphatic carbocycles. The zero-order valence-electron chi connectivity index (χ0n) is 15.2. The van der Waals surface area contributed by atoms with E-state index in [4.69, 9.17) is 10.1 Å². The van der Waals surface area contributed by atoms with Crippen molar-refractivity contribution in [1.29, 1.82) is 0 Å². The maximum absolute atomic E-state index is 13.2. The summed E-state index contributed by atoms with van der Waals surface area (Å²) >= 11 is 1.52. The number of aryl methyl sites for hydroxylation is 3. The molecule has 0 fully saturated rings. The molecule has 136 valence electrons. The Morgan fingerprint density at radius 1 is 1.23 bits per heavy atom. The molecule has 0 spiro atoms. The molecule has 1 aromatic carbocycles. The van der Waals surface area contributed by atoms with Gasteiger partial charge in [-0.05, 0) is 25.8 Å². The Labute approximate surface area is 155 Å². The van der Waals surface area contributed by atoms with E-state index in [1.165, 1.54) is 11.3 Å². The van der Waals surface area contributed by atoms with Gasteiger partial charge >= 0.3 is 5.97 Å². The predicted molar refractivity (Wildman–Crippen MR) is 105 cm³/mol. The van der Waals surface area contributed by atoms with E-state index in [9.17, 15) is 9.59 Å². The minimum Gasteiger partial charge on any atom is -0.481 e. The van der Waals surface area contributed by atoms with Gasteiger partial charge in [0.15, 0.2) is 0 Å². The zero-order valence-corrected chi connectivity index (χ0v) is 16.0. The molecule has 0 atom stereocenters. The van der Waals surface area contributed by atoms with Crippen LogP contribution in [0.25, 0.3) is 21.3 Å². The number of carbonyl (C=O) groups is 1. The third kappa shape index (κ3) is 3.42. The summed E-state index contributed by atoms with van der Waals surface area (Å²) < 4.78 is 1.55. The first kappa shape index (κ1) is 18.3. The summed E-state index contributed by atoms with van der Waals surface area (Å²) in [4.78, 5) is 30.8. The number of carboxylic acid groups (broad SMARTS) is 1. The van der Waals surface area contributed by atoms with Gasteiger partial charge in [-0.3, -0.25) is 14.2 Å². The second kappa shape index (κ2) is 7.41. The van der Waals surface area contributed by atoms with Gasteiger partial charge < -0.3 is 5.11 Å². The first-order valence-corrected chi connectivity index (χ1v) is 9.55. The Morgan fingerprint density at radius 3 is 2.54 bits per heavy atom. The van der Waals surface area contributed by atoms with Gasteiger partial charge in [0.1, 0.15) is 10.7 Å². The summed E-state index contributed by atoms with van der Waals surface area (Å²) in [7, 11) is 0. The number of hydrogen-bond donors (Lipinski definition) is 1. The average molecular weight is 370 g/mol. The molecule has 3 aromatic rings. The highest BCUT2D eigenvalue weighted by molar-refractivity contribution is 7.19. The van der Waals surface area contributed by atoms with Crippen molar-refractivity contribution in [2.45, 2.75) is 46.6 Å². The van der Waals surface area contributed by atoms with Crippen LogP contribution in [0.1, 0.15) is 36.0 Å². The smallest absolute Gasteiger partial charge is 0.305 e. The highest BCUT2D eigenvalue weighted by Gasteiger charge is 2.19. The van der Waals surface area contributed by atoms with Gasteiger partial charge in [-0.1, -0.05) is 36.8 Å². The molecular formula is C20H22N2O3S. The van der Waals surface area contributed by atoms with Crippen molar-refractivity contribution >= 4 is 27.5 Å². The van der Waals surface area contributed by atoms with E-state index in [-0.39, 0.29) is 18.5 Å². The number of nitrogens with zero attached hydrogens (tertiary/aromatic N) is 2. The fourth-order valence-electron chi connectivity index (χ4n) is 3.16. The van der Waals surface area contributed by atoms with Crippen molar-refractivity contribution in [3.8, 4) is 11.1 Å². The van der Waals surface area contributed by atoms with Gasteiger partial charge in [0.25, 0.3) is 5.56 Å². The lowest BCUT2D eigenvalue weighted by molar-refractivity contribution is -0.137. The van der Waals surface area contributed by atoms with E-state index in [1.54, 1.807) is 4.57 Å². The predicted octanol–water partition coefficient (Wildman–Crippen LogP) is 4.17. The number of carboxylic acids is 1. The monoisotopic (exact) mass is 370 g/mol. The van der Waals surface area contributed by atoms with Crippen molar-refractivity contribution in [3.05, 3.63) is 50.9 Å². The fraction of sp³-hybridized carbons (Fsp3) is 0.350. The van der Waals surface area contributed by atoms with Crippen molar-refractivity contribution < 1.29 is 9.90 Å². The van der Waals surface area contributed by atoms with Crippen LogP contribution < -0.4 is 5.56 Å². The molecule has 2 aromatic heterocycles. The second-order valence-corrected chi connectivity index (χ2v) is 7.66. The zero-order chi connectivity index (χ0) is 18.8. The van der Waals surface area contributed by atoms with Crippen LogP contribution >= 0.6 is 11.3 Å². The van der Waals surface area contributed by atoms with E-state index in [2.05, 4.69) is 0 Å². The minimum atomic E-state index is -0.917. The van der Waals surface area contributed by atoms with Gasteiger partial charge in [-0.25, -0.2) is 4.98 Å². The second-order valence-electron chi connectivity index (χ2n) is 6.46. The molecule has 0 amide bonds. The Morgan fingerprint density at radius 2 is 1.92 bits per heavy atom. The van der Waals surface area contributed by atoms with Gasteiger partial charge in [0.05, 0.1) is 11.8 Å². The lowest BCUT2D eigenvalue weighted by Crippen LogP contribution is -2.26. The molecule has 0 aliphatic heterocycles. The molecular weight excluding hydrogens is 348 g/mol. The molecule has 0 bridgehead atoms. The topological polar surface area (TPSA) is 72.2 Å². The number of aromatic nitrogens is 2. The van der Waals surface area contributed by atoms with Crippen molar-refractivity contribution in [2.75, 3.05) is 0 Å². The molecule has 26 heavy (non-hydrogen) atoms. The highest BCUT2D eigenvalue weighted by Crippen LogP contribution is 2.35. The highest BCUT2D eigenvalue weighted by atomic mass is 32.1. The molecule has 2 heterocycles. The standard InChI is InChI=1S/C20H22N2O3S/c1-4-5-15-21-19-18(20(25)22(15)11-10-16(23)24)17(13(3)26-19)14-8-6-12(2)7-9-14/h6-9H,4-5,10-11H2,1-3H3,(H,23,24). The van der Waals surface area contributed by atoms with Gasteiger partial charge in [-0.2, -0.15) is 0 Å². The SMILES string of the molecule is CCCc1nc2sc(C)c(-c3ccc(C)cc3)c2c(=O)n1CCC(=O)O. The lowest BCUT2D eigenvalue weighted by Gasteiger charge is -2.11. The normalized spacial score (nSPS) is 11.2. The number of hydrogen-bond acceptors (Lipinski definition) is 4. The van der Waals surface area contributed by atoms with E-state index in [1.807, 2.05) is 45.0 Å². The molecule has 0 unspecified atom stereocenters. The van der Waals surface area contributed by atoms with E-state index in [0.717, 1.165) is 32.8 Å². The Balaban J connectivity index is 2.26. The molecule has 0 radical (unpaired) electrons. The average Bonchev–Trinajstić information content (AvgIpc) is 2.91. The van der Waals surface area contributed by atoms with Crippen LogP contribution in [0.15, 0.2) is 29.1 Å². The first-order chi connectivity index (χ1) is 12.4. The number of rotatable bonds is 6. The van der Waals surface area contributed by atoms with Gasteiger partial charge in [0.2, 0.25) is 0 Å². The number of thiophene rings is 1. The summed E-state index contributed by atoms with van der Waals surface area (Å²) in [6.07, 6.45) is 1.41. The maximum atomic E-state index is 13.2. The van der Waals surface area contributed by atoms with Crippen molar-refractivity contribution in [2.24, 2.45) is 0 Å². The van der Waals surface area contributed by atoms with Crippen LogP contribution in [-0.4, -0.2) is 20.6 Å². The number of fused-ring (bicyclic) bond motifs is 1. The molecule has 3 rings (SSSR count). The van der Waals surface area contributed by atoms with Gasteiger partial charge in [-0.15, -0.1) is 11.3 Å². The van der Waals surface area contributed by atoms with Crippen LogP contribution in [0.3, 0.4) is 0 Å². The van der Waals surface area contributed by atoms with E-state index < -0.39 is 5.97 Å². The molecule has 1 N–H and O–H groups in total. The minimum absolute atomic E-state index is 0.0905. The Kier molecular flexibility index (Phi) is 5.23. The quantitative estimate of drug-likeness (QED) is 0.707. The van der Waals surface area contributed by atoms with E-state index >= 15 is 0 Å². The van der Waals surface area contributed by atoms with E-state index in [0.29, 0.717) is 17.6 Å². The molecule has 5 nitrogen and oxygen atoms in total. The third-order valence-electron chi connectivity index (χ3n) is 4.43. The largest absolute Gasteiger partial charge is 0.481 e. The van der Waals surface area contributed by atoms with Crippen molar-refractivity contribution in [3.63, 3.8) is 0 Å². The first-order valence-electron chi connectivity index (χ1n) is 8.74. The van der Waals surface area contributed by atoms with Crippen LogP contribution in [0, 0.1) is 13.8 Å².